The third-order valence-electron chi connectivity index (χ3n) is 3.66. The van der Waals surface area contributed by atoms with E-state index in [1.54, 1.807) is 12.1 Å². The van der Waals surface area contributed by atoms with E-state index in [1.807, 2.05) is 6.07 Å². The van der Waals surface area contributed by atoms with E-state index >= 15 is 0 Å². The number of halogens is 1. The molecule has 0 aromatic heterocycles. The van der Waals surface area contributed by atoms with Gasteiger partial charge in [0.1, 0.15) is 5.82 Å². The molecule has 1 fully saturated rings. The van der Waals surface area contributed by atoms with Crippen molar-refractivity contribution in [2.45, 2.75) is 45.6 Å². The Bertz CT molecular complexity index is 474. The van der Waals surface area contributed by atoms with Crippen molar-refractivity contribution in [3.05, 3.63) is 29.6 Å². The molecule has 2 nitrogen and oxygen atoms in total. The number of rotatable bonds is 2. The summed E-state index contributed by atoms with van der Waals surface area (Å²) in [6.07, 6.45) is 4.57. The van der Waals surface area contributed by atoms with E-state index in [1.165, 1.54) is 18.9 Å². The monoisotopic (exact) mass is 246 g/mol. The van der Waals surface area contributed by atoms with Crippen molar-refractivity contribution in [1.82, 2.24) is 0 Å². The zero-order valence-corrected chi connectivity index (χ0v) is 11.0. The standard InChI is InChI=1S/C15H19FN2/c1-15(2)7-3-4-12(9-15)18-14-6-5-11(10-17)8-13(14)16/h5-6,8,12,18H,3-4,7,9H2,1-2H3. The minimum atomic E-state index is -0.336. The Morgan fingerprint density at radius 2 is 2.22 bits per heavy atom. The molecule has 18 heavy (non-hydrogen) atoms. The second kappa shape index (κ2) is 4.97. The predicted molar refractivity (Wildman–Crippen MR) is 70.8 cm³/mol. The molecule has 0 aliphatic heterocycles. The number of hydrogen-bond donors (Lipinski definition) is 1. The van der Waals surface area contributed by atoms with Gasteiger partial charge in [-0.1, -0.05) is 20.3 Å². The van der Waals surface area contributed by atoms with Gasteiger partial charge in [0, 0.05) is 6.04 Å². The molecule has 0 amide bonds. The number of benzene rings is 1. The van der Waals surface area contributed by atoms with Crippen molar-refractivity contribution in [3.8, 4) is 6.07 Å². The molecule has 0 spiro atoms. The van der Waals surface area contributed by atoms with Gasteiger partial charge in [-0.15, -0.1) is 0 Å². The first-order valence-electron chi connectivity index (χ1n) is 6.46. The second-order valence-corrected chi connectivity index (χ2v) is 5.91. The zero-order chi connectivity index (χ0) is 13.2. The number of nitrogens with zero attached hydrogens (tertiary/aromatic N) is 1. The summed E-state index contributed by atoms with van der Waals surface area (Å²) in [4.78, 5) is 0. The molecular weight excluding hydrogens is 227 g/mol. The molecule has 1 aromatic carbocycles. The van der Waals surface area contributed by atoms with Gasteiger partial charge in [0.05, 0.1) is 17.3 Å². The lowest BCUT2D eigenvalue weighted by atomic mass is 9.75. The fourth-order valence-corrected chi connectivity index (χ4v) is 2.74. The van der Waals surface area contributed by atoms with Crippen LogP contribution in [0.15, 0.2) is 18.2 Å². The van der Waals surface area contributed by atoms with Gasteiger partial charge in [-0.3, -0.25) is 0 Å². The minimum Gasteiger partial charge on any atom is -0.380 e. The molecule has 0 heterocycles. The molecule has 0 radical (unpaired) electrons. The van der Waals surface area contributed by atoms with Crippen LogP contribution >= 0.6 is 0 Å². The lowest BCUT2D eigenvalue weighted by Crippen LogP contribution is -2.32. The number of nitrogens with one attached hydrogen (secondary N) is 1. The van der Waals surface area contributed by atoms with Gasteiger partial charge in [0.15, 0.2) is 0 Å². The van der Waals surface area contributed by atoms with Crippen LogP contribution in [0.5, 0.6) is 0 Å². The fraction of sp³-hybridized carbons (Fsp3) is 0.533. The first kappa shape index (κ1) is 12.9. The molecule has 2 rings (SSSR count). The third kappa shape index (κ3) is 3.01. The molecule has 1 aliphatic rings. The summed E-state index contributed by atoms with van der Waals surface area (Å²) >= 11 is 0. The number of hydrogen-bond acceptors (Lipinski definition) is 2. The normalized spacial score (nSPS) is 22.2. The van der Waals surface area contributed by atoms with E-state index in [0.29, 0.717) is 22.7 Å². The largest absolute Gasteiger partial charge is 0.380 e. The Balaban J connectivity index is 2.08. The maximum absolute atomic E-state index is 13.8. The van der Waals surface area contributed by atoms with Gasteiger partial charge in [-0.2, -0.15) is 5.26 Å². The van der Waals surface area contributed by atoms with Gasteiger partial charge in [-0.05, 0) is 42.9 Å². The van der Waals surface area contributed by atoms with Gasteiger partial charge in [-0.25, -0.2) is 4.39 Å². The van der Waals surface area contributed by atoms with Crippen molar-refractivity contribution in [2.75, 3.05) is 5.32 Å². The summed E-state index contributed by atoms with van der Waals surface area (Å²) in [5.41, 5.74) is 1.21. The van der Waals surface area contributed by atoms with E-state index < -0.39 is 0 Å². The second-order valence-electron chi connectivity index (χ2n) is 5.91. The van der Waals surface area contributed by atoms with Crippen molar-refractivity contribution in [1.29, 1.82) is 5.26 Å². The highest BCUT2D eigenvalue weighted by Gasteiger charge is 2.28. The van der Waals surface area contributed by atoms with Gasteiger partial charge in [0.25, 0.3) is 0 Å². The van der Waals surface area contributed by atoms with Crippen molar-refractivity contribution in [3.63, 3.8) is 0 Å². The molecule has 0 bridgehead atoms. The molecule has 3 heteroatoms. The Morgan fingerprint density at radius 3 is 2.83 bits per heavy atom. The highest BCUT2D eigenvalue weighted by atomic mass is 19.1. The Labute approximate surface area is 108 Å². The van der Waals surface area contributed by atoms with Crippen LogP contribution in [0.1, 0.15) is 45.1 Å². The van der Waals surface area contributed by atoms with Gasteiger partial charge >= 0.3 is 0 Å². The average Bonchev–Trinajstić information content (AvgIpc) is 2.30. The van der Waals surface area contributed by atoms with Gasteiger partial charge in [0.2, 0.25) is 0 Å². The Morgan fingerprint density at radius 1 is 1.44 bits per heavy atom. The molecule has 96 valence electrons. The molecular formula is C15H19FN2. The average molecular weight is 246 g/mol. The zero-order valence-electron chi connectivity index (χ0n) is 11.0. The number of nitriles is 1. The summed E-state index contributed by atoms with van der Waals surface area (Å²) < 4.78 is 13.8. The SMILES string of the molecule is CC1(C)CCCC(Nc2ccc(C#N)cc2F)C1. The fourth-order valence-electron chi connectivity index (χ4n) is 2.74. The van der Waals surface area contributed by atoms with E-state index in [-0.39, 0.29) is 5.82 Å². The van der Waals surface area contributed by atoms with Crippen LogP contribution < -0.4 is 5.32 Å². The van der Waals surface area contributed by atoms with Crippen LogP contribution in [0.2, 0.25) is 0 Å². The molecule has 1 aliphatic carbocycles. The maximum atomic E-state index is 13.8. The summed E-state index contributed by atoms with van der Waals surface area (Å²) in [6.45, 7) is 4.52. The highest BCUT2D eigenvalue weighted by Crippen LogP contribution is 2.36. The van der Waals surface area contributed by atoms with E-state index in [0.717, 1.165) is 12.8 Å². The van der Waals surface area contributed by atoms with Crippen LogP contribution in [-0.4, -0.2) is 6.04 Å². The van der Waals surface area contributed by atoms with E-state index in [9.17, 15) is 4.39 Å². The van der Waals surface area contributed by atoms with Crippen LogP contribution in [0.4, 0.5) is 10.1 Å². The Hall–Kier alpha value is -1.56. The quantitative estimate of drug-likeness (QED) is 0.853. The molecule has 1 unspecified atom stereocenters. The maximum Gasteiger partial charge on any atom is 0.147 e. The first-order chi connectivity index (χ1) is 8.50. The molecule has 1 atom stereocenters. The number of anilines is 1. The topological polar surface area (TPSA) is 35.8 Å². The van der Waals surface area contributed by atoms with Crippen molar-refractivity contribution < 1.29 is 4.39 Å². The molecule has 1 aromatic rings. The summed E-state index contributed by atoms with van der Waals surface area (Å²) in [5.74, 6) is -0.336. The highest BCUT2D eigenvalue weighted by molar-refractivity contribution is 5.49. The lowest BCUT2D eigenvalue weighted by Gasteiger charge is -2.36. The molecule has 1 saturated carbocycles. The molecule has 1 N–H and O–H groups in total. The minimum absolute atomic E-state index is 0.330. The predicted octanol–water partition coefficient (Wildman–Crippen LogP) is 4.08. The third-order valence-corrected chi connectivity index (χ3v) is 3.66. The Kier molecular flexibility index (Phi) is 3.56. The summed E-state index contributed by atoms with van der Waals surface area (Å²) in [5, 5.41) is 12.0. The van der Waals surface area contributed by atoms with Crippen LogP contribution in [0.25, 0.3) is 0 Å². The summed E-state index contributed by atoms with van der Waals surface area (Å²) in [7, 11) is 0. The van der Waals surface area contributed by atoms with Crippen molar-refractivity contribution in [2.24, 2.45) is 5.41 Å². The van der Waals surface area contributed by atoms with Gasteiger partial charge < -0.3 is 5.32 Å². The lowest BCUT2D eigenvalue weighted by molar-refractivity contribution is 0.229. The molecule has 0 saturated heterocycles. The van der Waals surface area contributed by atoms with E-state index in [4.69, 9.17) is 5.26 Å². The van der Waals surface area contributed by atoms with Crippen LogP contribution in [0.3, 0.4) is 0 Å². The van der Waals surface area contributed by atoms with E-state index in [2.05, 4.69) is 19.2 Å². The smallest absolute Gasteiger partial charge is 0.147 e. The first-order valence-corrected chi connectivity index (χ1v) is 6.46. The van der Waals surface area contributed by atoms with Crippen molar-refractivity contribution >= 4 is 5.69 Å². The van der Waals surface area contributed by atoms with Crippen LogP contribution in [0, 0.1) is 22.6 Å². The summed E-state index contributed by atoms with van der Waals surface area (Å²) in [6, 6.07) is 6.88. The van der Waals surface area contributed by atoms with Crippen LogP contribution in [-0.2, 0) is 0 Å².